The van der Waals surface area contributed by atoms with E-state index in [9.17, 15) is 27.9 Å². The lowest BCUT2D eigenvalue weighted by Crippen LogP contribution is -2.54. The van der Waals surface area contributed by atoms with Crippen molar-refractivity contribution >= 4 is 16.7 Å². The number of benzene rings is 1. The standard InChI is InChI=1S/C21H27F3N4O3/c1-4-27-8-7-16(17(29)10-27)25-18(30)11-28-20(31)14-6-5-13(21(22,23)24)9-15(14)19(26-28)12(2)3/h5-6,9,12,16-17,29H,4,7-8,10-11H2,1-3H3,(H,25,30)/t16-,17+/m0/s1. The molecule has 2 N–H and O–H groups in total. The minimum Gasteiger partial charge on any atom is -0.390 e. The fourth-order valence-electron chi connectivity index (χ4n) is 3.86. The highest BCUT2D eigenvalue weighted by molar-refractivity contribution is 5.85. The normalized spacial score (nSPS) is 20.4. The molecule has 1 fully saturated rings. The summed E-state index contributed by atoms with van der Waals surface area (Å²) in [6.45, 7) is 7.13. The lowest BCUT2D eigenvalue weighted by atomic mass is 10.0. The van der Waals surface area contributed by atoms with Crippen LogP contribution < -0.4 is 10.9 Å². The summed E-state index contributed by atoms with van der Waals surface area (Å²) in [4.78, 5) is 27.4. The van der Waals surface area contributed by atoms with Crippen LogP contribution in [-0.4, -0.2) is 57.5 Å². The van der Waals surface area contributed by atoms with Gasteiger partial charge in [0.05, 0.1) is 28.8 Å². The zero-order valence-corrected chi connectivity index (χ0v) is 17.7. The first-order valence-electron chi connectivity index (χ1n) is 10.3. The molecule has 0 bridgehead atoms. The average Bonchev–Trinajstić information content (AvgIpc) is 2.70. The van der Waals surface area contributed by atoms with Crippen LogP contribution in [-0.2, 0) is 17.5 Å². The highest BCUT2D eigenvalue weighted by Gasteiger charge is 2.32. The molecule has 170 valence electrons. The molecule has 0 unspecified atom stereocenters. The first kappa shape index (κ1) is 23.2. The Morgan fingerprint density at radius 1 is 1.32 bits per heavy atom. The Hall–Kier alpha value is -2.46. The summed E-state index contributed by atoms with van der Waals surface area (Å²) < 4.78 is 40.3. The van der Waals surface area contributed by atoms with E-state index in [4.69, 9.17) is 0 Å². The topological polar surface area (TPSA) is 87.5 Å². The third-order valence-corrected chi connectivity index (χ3v) is 5.62. The van der Waals surface area contributed by atoms with Crippen molar-refractivity contribution in [1.29, 1.82) is 0 Å². The van der Waals surface area contributed by atoms with Gasteiger partial charge in [-0.05, 0) is 37.1 Å². The Morgan fingerprint density at radius 3 is 2.61 bits per heavy atom. The van der Waals surface area contributed by atoms with Gasteiger partial charge in [-0.1, -0.05) is 20.8 Å². The van der Waals surface area contributed by atoms with E-state index in [2.05, 4.69) is 15.3 Å². The van der Waals surface area contributed by atoms with Gasteiger partial charge in [0.1, 0.15) is 6.54 Å². The molecule has 3 rings (SSSR count). The highest BCUT2D eigenvalue weighted by Crippen LogP contribution is 2.32. The number of fused-ring (bicyclic) bond motifs is 1. The van der Waals surface area contributed by atoms with Crippen molar-refractivity contribution in [2.75, 3.05) is 19.6 Å². The van der Waals surface area contributed by atoms with Crippen LogP contribution in [0.15, 0.2) is 23.0 Å². The number of hydrogen-bond acceptors (Lipinski definition) is 5. The molecule has 0 radical (unpaired) electrons. The van der Waals surface area contributed by atoms with Crippen molar-refractivity contribution in [3.8, 4) is 0 Å². The molecule has 1 amide bonds. The molecule has 2 atom stereocenters. The molecule has 10 heteroatoms. The Morgan fingerprint density at radius 2 is 2.03 bits per heavy atom. The number of nitrogens with zero attached hydrogens (tertiary/aromatic N) is 3. The van der Waals surface area contributed by atoms with Crippen LogP contribution in [0.2, 0.25) is 0 Å². The predicted octanol–water partition coefficient (Wildman–Crippen LogP) is 2.11. The molecule has 1 aromatic carbocycles. The molecule has 1 aromatic heterocycles. The number of aliphatic hydroxyl groups is 1. The SMILES string of the molecule is CCN1CC[C@H](NC(=O)Cn2nc(C(C)C)c3cc(C(F)(F)F)ccc3c2=O)[C@H](O)C1. The molecule has 1 aliphatic heterocycles. The molecule has 2 aromatic rings. The smallest absolute Gasteiger partial charge is 0.390 e. The summed E-state index contributed by atoms with van der Waals surface area (Å²) in [5.74, 6) is -0.745. The number of halogens is 3. The molecule has 1 saturated heterocycles. The Labute approximate surface area is 177 Å². The maximum Gasteiger partial charge on any atom is 0.416 e. The van der Waals surface area contributed by atoms with Crippen LogP contribution in [0.25, 0.3) is 10.8 Å². The summed E-state index contributed by atoms with van der Waals surface area (Å²) in [5.41, 5.74) is -1.18. The second kappa shape index (κ2) is 8.96. The van der Waals surface area contributed by atoms with Crippen LogP contribution in [0.3, 0.4) is 0 Å². The summed E-state index contributed by atoms with van der Waals surface area (Å²) in [7, 11) is 0. The number of aromatic nitrogens is 2. The molecule has 2 heterocycles. The number of rotatable bonds is 5. The molecule has 7 nitrogen and oxygen atoms in total. The van der Waals surface area contributed by atoms with Gasteiger partial charge in [0.2, 0.25) is 5.91 Å². The minimum absolute atomic E-state index is 0.0794. The number of carbonyl (C=O) groups excluding carboxylic acids is 1. The van der Waals surface area contributed by atoms with Gasteiger partial charge in [-0.15, -0.1) is 0 Å². The van der Waals surface area contributed by atoms with Gasteiger partial charge >= 0.3 is 6.18 Å². The molecule has 31 heavy (non-hydrogen) atoms. The third-order valence-electron chi connectivity index (χ3n) is 5.62. The number of β-amino-alcohol motifs (C(OH)–C–C–N with tert-alkyl or cyclic N) is 1. The number of hydrogen-bond donors (Lipinski definition) is 2. The number of alkyl halides is 3. The fourth-order valence-corrected chi connectivity index (χ4v) is 3.86. The van der Waals surface area contributed by atoms with E-state index in [-0.39, 0.29) is 23.2 Å². The van der Waals surface area contributed by atoms with E-state index in [1.807, 2.05) is 6.92 Å². The molecule has 0 aliphatic carbocycles. The number of aliphatic hydroxyl groups excluding tert-OH is 1. The summed E-state index contributed by atoms with van der Waals surface area (Å²) >= 11 is 0. The zero-order chi connectivity index (χ0) is 22.9. The van der Waals surface area contributed by atoms with Gasteiger partial charge in [-0.2, -0.15) is 18.3 Å². The van der Waals surface area contributed by atoms with Crippen molar-refractivity contribution < 1.29 is 23.1 Å². The van der Waals surface area contributed by atoms with Crippen LogP contribution >= 0.6 is 0 Å². The number of carbonyl (C=O) groups is 1. The van der Waals surface area contributed by atoms with Crippen molar-refractivity contribution in [1.82, 2.24) is 20.0 Å². The van der Waals surface area contributed by atoms with E-state index < -0.39 is 35.4 Å². The molecule has 1 aliphatic rings. The van der Waals surface area contributed by atoms with Crippen LogP contribution in [0.4, 0.5) is 13.2 Å². The zero-order valence-electron chi connectivity index (χ0n) is 17.7. The van der Waals surface area contributed by atoms with Crippen molar-refractivity contribution in [2.24, 2.45) is 0 Å². The van der Waals surface area contributed by atoms with Crippen LogP contribution in [0.5, 0.6) is 0 Å². The van der Waals surface area contributed by atoms with Crippen molar-refractivity contribution in [3.63, 3.8) is 0 Å². The Balaban J connectivity index is 1.88. The van der Waals surface area contributed by atoms with Crippen LogP contribution in [0, 0.1) is 0 Å². The third kappa shape index (κ3) is 5.07. The van der Waals surface area contributed by atoms with E-state index in [1.165, 1.54) is 0 Å². The van der Waals surface area contributed by atoms with E-state index in [0.717, 1.165) is 36.0 Å². The maximum absolute atomic E-state index is 13.1. The number of nitrogens with one attached hydrogen (secondary N) is 1. The lowest BCUT2D eigenvalue weighted by Gasteiger charge is -2.35. The maximum atomic E-state index is 13.1. The number of amides is 1. The average molecular weight is 440 g/mol. The second-order valence-electron chi connectivity index (χ2n) is 8.18. The van der Waals surface area contributed by atoms with E-state index in [1.54, 1.807) is 13.8 Å². The Kier molecular flexibility index (Phi) is 6.70. The van der Waals surface area contributed by atoms with Crippen molar-refractivity contribution in [2.45, 2.75) is 58.0 Å². The highest BCUT2D eigenvalue weighted by atomic mass is 19.4. The molecule has 0 spiro atoms. The molecular formula is C21H27F3N4O3. The largest absolute Gasteiger partial charge is 0.416 e. The summed E-state index contributed by atoms with van der Waals surface area (Å²) in [6.07, 6.45) is -4.67. The van der Waals surface area contributed by atoms with Crippen molar-refractivity contribution in [3.05, 3.63) is 39.8 Å². The fraction of sp³-hybridized carbons (Fsp3) is 0.571. The predicted molar refractivity (Wildman–Crippen MR) is 110 cm³/mol. The van der Waals surface area contributed by atoms with Gasteiger partial charge in [-0.25, -0.2) is 4.68 Å². The van der Waals surface area contributed by atoms with Gasteiger partial charge in [0.15, 0.2) is 0 Å². The van der Waals surface area contributed by atoms with Gasteiger partial charge < -0.3 is 15.3 Å². The van der Waals surface area contributed by atoms with E-state index in [0.29, 0.717) is 18.7 Å². The van der Waals surface area contributed by atoms with Gasteiger partial charge in [-0.3, -0.25) is 9.59 Å². The number of likely N-dealkylation sites (tertiary alicyclic amines) is 1. The number of piperidine rings is 1. The minimum atomic E-state index is -4.54. The Bertz CT molecular complexity index is 1020. The second-order valence-corrected chi connectivity index (χ2v) is 8.18. The molecule has 0 saturated carbocycles. The summed E-state index contributed by atoms with van der Waals surface area (Å²) in [6, 6.07) is 2.50. The van der Waals surface area contributed by atoms with E-state index >= 15 is 0 Å². The van der Waals surface area contributed by atoms with Gasteiger partial charge in [0, 0.05) is 18.5 Å². The quantitative estimate of drug-likeness (QED) is 0.744. The monoisotopic (exact) mass is 440 g/mol. The first-order valence-corrected chi connectivity index (χ1v) is 10.3. The molecular weight excluding hydrogens is 413 g/mol. The summed E-state index contributed by atoms with van der Waals surface area (Å²) in [5, 5.41) is 17.4. The lowest BCUT2D eigenvalue weighted by molar-refractivity contribution is -0.137. The first-order chi connectivity index (χ1) is 14.5. The van der Waals surface area contributed by atoms with Gasteiger partial charge in [0.25, 0.3) is 5.56 Å². The number of likely N-dealkylation sites (N-methyl/N-ethyl adjacent to an activating group) is 1. The van der Waals surface area contributed by atoms with Crippen LogP contribution in [0.1, 0.15) is 44.4 Å².